The molecule has 2 rings (SSSR count). The summed E-state index contributed by atoms with van der Waals surface area (Å²) in [6.07, 6.45) is 1.71. The highest BCUT2D eigenvalue weighted by Gasteiger charge is 2.22. The molecule has 0 radical (unpaired) electrons. The summed E-state index contributed by atoms with van der Waals surface area (Å²) in [5.41, 5.74) is 0.486. The molecule has 1 fully saturated rings. The van der Waals surface area contributed by atoms with Gasteiger partial charge in [0.15, 0.2) is 5.11 Å². The lowest BCUT2D eigenvalue weighted by molar-refractivity contribution is 0.0922. The Hall–Kier alpha value is -1.69. The first-order valence-electron chi connectivity index (χ1n) is 6.63. The number of hydrogen-bond acceptors (Lipinski definition) is 2. The van der Waals surface area contributed by atoms with Crippen LogP contribution in [0.15, 0.2) is 24.3 Å². The van der Waals surface area contributed by atoms with E-state index in [1.165, 1.54) is 24.3 Å². The maximum atomic E-state index is 12.8. The summed E-state index contributed by atoms with van der Waals surface area (Å²) >= 11 is 5.18. The van der Waals surface area contributed by atoms with Crippen LogP contribution in [0.2, 0.25) is 0 Å². The van der Waals surface area contributed by atoms with Crippen molar-refractivity contribution in [1.82, 2.24) is 15.5 Å². The van der Waals surface area contributed by atoms with Gasteiger partial charge in [-0.2, -0.15) is 0 Å². The molecule has 0 aromatic heterocycles. The van der Waals surface area contributed by atoms with Crippen molar-refractivity contribution in [3.8, 4) is 0 Å². The van der Waals surface area contributed by atoms with E-state index in [-0.39, 0.29) is 17.8 Å². The molecule has 0 saturated carbocycles. The van der Waals surface area contributed by atoms with Gasteiger partial charge in [-0.1, -0.05) is 0 Å². The second-order valence-electron chi connectivity index (χ2n) is 4.80. The summed E-state index contributed by atoms with van der Waals surface area (Å²) in [6, 6.07) is 5.72. The van der Waals surface area contributed by atoms with E-state index in [0.717, 1.165) is 31.0 Å². The summed E-state index contributed by atoms with van der Waals surface area (Å²) in [5, 5.41) is 6.68. The molecule has 0 atom stereocenters. The normalized spacial score (nSPS) is 15.8. The average Bonchev–Trinajstić information content (AvgIpc) is 2.48. The lowest BCUT2D eigenvalue weighted by atomic mass is 10.0. The van der Waals surface area contributed by atoms with E-state index in [2.05, 4.69) is 15.5 Å². The molecule has 1 aromatic rings. The van der Waals surface area contributed by atoms with E-state index in [1.807, 2.05) is 7.05 Å². The van der Waals surface area contributed by atoms with Gasteiger partial charge in [-0.05, 0) is 49.3 Å². The molecule has 108 valence electrons. The fourth-order valence-corrected chi connectivity index (χ4v) is 2.44. The van der Waals surface area contributed by atoms with Crippen molar-refractivity contribution in [2.75, 3.05) is 20.1 Å². The molecule has 20 heavy (non-hydrogen) atoms. The van der Waals surface area contributed by atoms with Gasteiger partial charge in [0.25, 0.3) is 5.91 Å². The molecule has 2 N–H and O–H groups in total. The molecule has 1 amide bonds. The second kappa shape index (κ2) is 6.65. The fourth-order valence-electron chi connectivity index (χ4n) is 2.26. The van der Waals surface area contributed by atoms with Crippen LogP contribution in [0.4, 0.5) is 4.39 Å². The number of hydrogen-bond donors (Lipinski definition) is 2. The van der Waals surface area contributed by atoms with E-state index < -0.39 is 0 Å². The Balaban J connectivity index is 1.85. The topological polar surface area (TPSA) is 44.4 Å². The Bertz CT molecular complexity index is 484. The number of nitrogens with zero attached hydrogens (tertiary/aromatic N) is 1. The molecule has 1 aromatic carbocycles. The summed E-state index contributed by atoms with van der Waals surface area (Å²) in [4.78, 5) is 14.1. The van der Waals surface area contributed by atoms with Gasteiger partial charge >= 0.3 is 0 Å². The number of amides is 1. The van der Waals surface area contributed by atoms with Crippen molar-refractivity contribution in [3.05, 3.63) is 35.6 Å². The quantitative estimate of drug-likeness (QED) is 0.812. The standard InChI is InChI=1S/C14H18FN3OS/c1-16-14(20)18-8-6-12(7-9-18)17-13(19)10-2-4-11(15)5-3-10/h2-5,12H,6-9H2,1H3,(H,16,20)(H,17,19). The average molecular weight is 295 g/mol. The zero-order valence-corrected chi connectivity index (χ0v) is 12.2. The molecule has 0 unspecified atom stereocenters. The van der Waals surface area contributed by atoms with Gasteiger partial charge in [0.2, 0.25) is 0 Å². The van der Waals surface area contributed by atoms with Crippen LogP contribution in [0, 0.1) is 5.82 Å². The van der Waals surface area contributed by atoms with Gasteiger partial charge in [-0.15, -0.1) is 0 Å². The third-order valence-electron chi connectivity index (χ3n) is 3.44. The first-order valence-corrected chi connectivity index (χ1v) is 7.04. The minimum absolute atomic E-state index is 0.142. The van der Waals surface area contributed by atoms with Gasteiger partial charge < -0.3 is 15.5 Å². The molecule has 4 nitrogen and oxygen atoms in total. The maximum absolute atomic E-state index is 12.8. The van der Waals surface area contributed by atoms with Crippen molar-refractivity contribution in [2.45, 2.75) is 18.9 Å². The van der Waals surface area contributed by atoms with Crippen molar-refractivity contribution in [1.29, 1.82) is 0 Å². The molecule has 0 spiro atoms. The highest BCUT2D eigenvalue weighted by molar-refractivity contribution is 7.80. The molecular formula is C14H18FN3OS. The van der Waals surface area contributed by atoms with Crippen LogP contribution < -0.4 is 10.6 Å². The summed E-state index contributed by atoms with van der Waals surface area (Å²) < 4.78 is 12.8. The molecule has 0 bridgehead atoms. The number of carbonyl (C=O) groups excluding carboxylic acids is 1. The number of thiocarbonyl (C=S) groups is 1. The Morgan fingerprint density at radius 1 is 1.30 bits per heavy atom. The van der Waals surface area contributed by atoms with Crippen molar-refractivity contribution in [3.63, 3.8) is 0 Å². The number of nitrogens with one attached hydrogen (secondary N) is 2. The molecule has 1 aliphatic heterocycles. The molecular weight excluding hydrogens is 277 g/mol. The van der Waals surface area contributed by atoms with Crippen molar-refractivity contribution >= 4 is 23.2 Å². The third-order valence-corrected chi connectivity index (χ3v) is 3.90. The van der Waals surface area contributed by atoms with Crippen LogP contribution in [-0.4, -0.2) is 42.1 Å². The summed E-state index contributed by atoms with van der Waals surface area (Å²) in [5.74, 6) is -0.491. The smallest absolute Gasteiger partial charge is 0.251 e. The molecule has 1 saturated heterocycles. The van der Waals surface area contributed by atoms with Crippen molar-refractivity contribution < 1.29 is 9.18 Å². The molecule has 1 aliphatic rings. The Morgan fingerprint density at radius 2 is 1.90 bits per heavy atom. The van der Waals surface area contributed by atoms with Crippen LogP contribution in [-0.2, 0) is 0 Å². The van der Waals surface area contributed by atoms with Gasteiger partial charge in [-0.3, -0.25) is 4.79 Å². The van der Waals surface area contributed by atoms with Gasteiger partial charge in [0.1, 0.15) is 5.82 Å². The lowest BCUT2D eigenvalue weighted by Gasteiger charge is -2.33. The van der Waals surface area contributed by atoms with Gasteiger partial charge in [0, 0.05) is 31.7 Å². The first kappa shape index (κ1) is 14.7. The highest BCUT2D eigenvalue weighted by Crippen LogP contribution is 2.12. The van der Waals surface area contributed by atoms with E-state index in [1.54, 1.807) is 0 Å². The zero-order valence-electron chi connectivity index (χ0n) is 11.4. The minimum Gasteiger partial charge on any atom is -0.366 e. The Kier molecular flexibility index (Phi) is 4.89. The number of carbonyl (C=O) groups is 1. The number of halogens is 1. The zero-order chi connectivity index (χ0) is 14.5. The molecule has 6 heteroatoms. The SMILES string of the molecule is CNC(=S)N1CCC(NC(=O)c2ccc(F)cc2)CC1. The summed E-state index contributed by atoms with van der Waals surface area (Å²) in [7, 11) is 1.81. The number of benzene rings is 1. The number of piperidine rings is 1. The van der Waals surface area contributed by atoms with Crippen LogP contribution >= 0.6 is 12.2 Å². The van der Waals surface area contributed by atoms with Gasteiger partial charge in [-0.25, -0.2) is 4.39 Å². The van der Waals surface area contributed by atoms with E-state index in [9.17, 15) is 9.18 Å². The molecule has 1 heterocycles. The van der Waals surface area contributed by atoms with Crippen LogP contribution in [0.3, 0.4) is 0 Å². The van der Waals surface area contributed by atoms with E-state index >= 15 is 0 Å². The minimum atomic E-state index is -0.338. The predicted molar refractivity (Wildman–Crippen MR) is 80.1 cm³/mol. The summed E-state index contributed by atoms with van der Waals surface area (Å²) in [6.45, 7) is 1.65. The third kappa shape index (κ3) is 3.66. The molecule has 0 aliphatic carbocycles. The lowest BCUT2D eigenvalue weighted by Crippen LogP contribution is -2.48. The Labute approximate surface area is 123 Å². The van der Waals surface area contributed by atoms with Crippen LogP contribution in [0.25, 0.3) is 0 Å². The maximum Gasteiger partial charge on any atom is 0.251 e. The van der Waals surface area contributed by atoms with E-state index in [4.69, 9.17) is 12.2 Å². The second-order valence-corrected chi connectivity index (χ2v) is 5.18. The van der Waals surface area contributed by atoms with E-state index in [0.29, 0.717) is 5.56 Å². The number of likely N-dealkylation sites (tertiary alicyclic amines) is 1. The monoisotopic (exact) mass is 295 g/mol. The van der Waals surface area contributed by atoms with Gasteiger partial charge in [0.05, 0.1) is 0 Å². The fraction of sp³-hybridized carbons (Fsp3) is 0.429. The highest BCUT2D eigenvalue weighted by atomic mass is 32.1. The van der Waals surface area contributed by atoms with Crippen LogP contribution in [0.1, 0.15) is 23.2 Å². The van der Waals surface area contributed by atoms with Crippen LogP contribution in [0.5, 0.6) is 0 Å². The predicted octanol–water partition coefficient (Wildman–Crippen LogP) is 1.52. The first-order chi connectivity index (χ1) is 9.60. The Morgan fingerprint density at radius 3 is 2.45 bits per heavy atom. The largest absolute Gasteiger partial charge is 0.366 e. The van der Waals surface area contributed by atoms with Crippen molar-refractivity contribution in [2.24, 2.45) is 0 Å². The number of rotatable bonds is 2.